The van der Waals surface area contributed by atoms with E-state index in [-0.39, 0.29) is 24.7 Å². The summed E-state index contributed by atoms with van der Waals surface area (Å²) < 4.78 is 16.0. The summed E-state index contributed by atoms with van der Waals surface area (Å²) in [7, 11) is 0. The Morgan fingerprint density at radius 2 is 1.59 bits per heavy atom. The van der Waals surface area contributed by atoms with Crippen molar-refractivity contribution in [3.63, 3.8) is 0 Å². The minimum absolute atomic E-state index is 0.0641. The Labute approximate surface area is 196 Å². The molecule has 1 amide bonds. The number of hydrogen-bond acceptors (Lipinski definition) is 3. The number of carbonyl (C=O) groups is 1. The summed E-state index contributed by atoms with van der Waals surface area (Å²) in [5.74, 6) is -0.421. The van der Waals surface area contributed by atoms with Gasteiger partial charge in [0.25, 0.3) is 5.56 Å². The van der Waals surface area contributed by atoms with Crippen molar-refractivity contribution in [1.29, 1.82) is 0 Å². The number of carbonyl (C=O) groups excluding carboxylic acids is 1. The van der Waals surface area contributed by atoms with Gasteiger partial charge in [0.1, 0.15) is 5.82 Å². The zero-order valence-electron chi connectivity index (χ0n) is 19.0. The Hall–Kier alpha value is -4.00. The van der Waals surface area contributed by atoms with E-state index in [1.807, 2.05) is 0 Å². The standard InChI is InChI=1S/C27H26FN3O3/c1-2-3-16-29-25(32)17-19-10-14-22(15-11-19)31-26(33)23-6-4-5-7-24(23)30(27(31)34)18-20-8-12-21(28)13-9-20/h4-15H,2-3,16-18H2,1H3,(H,29,32). The fourth-order valence-electron chi connectivity index (χ4n) is 3.89. The van der Waals surface area contributed by atoms with Gasteiger partial charge in [-0.2, -0.15) is 0 Å². The highest BCUT2D eigenvalue weighted by molar-refractivity contribution is 5.79. The molecule has 0 unspecified atom stereocenters. The summed E-state index contributed by atoms with van der Waals surface area (Å²) in [4.78, 5) is 38.8. The number of halogens is 1. The second-order valence-corrected chi connectivity index (χ2v) is 8.20. The zero-order valence-corrected chi connectivity index (χ0v) is 19.0. The summed E-state index contributed by atoms with van der Waals surface area (Å²) >= 11 is 0. The van der Waals surface area contributed by atoms with Gasteiger partial charge in [-0.25, -0.2) is 13.8 Å². The molecule has 0 bridgehead atoms. The molecule has 0 atom stereocenters. The van der Waals surface area contributed by atoms with Crippen LogP contribution in [-0.4, -0.2) is 21.6 Å². The van der Waals surface area contributed by atoms with Crippen molar-refractivity contribution < 1.29 is 9.18 Å². The molecule has 0 saturated heterocycles. The van der Waals surface area contributed by atoms with Crippen molar-refractivity contribution in [3.05, 3.63) is 111 Å². The van der Waals surface area contributed by atoms with Crippen LogP contribution in [0.5, 0.6) is 0 Å². The highest BCUT2D eigenvalue weighted by atomic mass is 19.1. The van der Waals surface area contributed by atoms with E-state index in [1.165, 1.54) is 16.7 Å². The van der Waals surface area contributed by atoms with Crippen molar-refractivity contribution >= 4 is 16.8 Å². The molecule has 0 aliphatic rings. The molecular weight excluding hydrogens is 433 g/mol. The Balaban J connectivity index is 1.71. The predicted octanol–water partition coefficient (Wildman–Crippen LogP) is 3.80. The van der Waals surface area contributed by atoms with Crippen LogP contribution in [0.3, 0.4) is 0 Å². The molecule has 0 aliphatic heterocycles. The van der Waals surface area contributed by atoms with Crippen LogP contribution in [-0.2, 0) is 17.8 Å². The second-order valence-electron chi connectivity index (χ2n) is 8.20. The molecule has 1 aromatic heterocycles. The van der Waals surface area contributed by atoms with Crippen LogP contribution < -0.4 is 16.6 Å². The predicted molar refractivity (Wildman–Crippen MR) is 131 cm³/mol. The normalized spacial score (nSPS) is 11.0. The maximum atomic E-state index is 13.5. The van der Waals surface area contributed by atoms with E-state index in [4.69, 9.17) is 0 Å². The molecule has 0 aliphatic carbocycles. The lowest BCUT2D eigenvalue weighted by atomic mass is 10.1. The number of para-hydroxylation sites is 1. The quantitative estimate of drug-likeness (QED) is 0.408. The van der Waals surface area contributed by atoms with Crippen LogP contribution in [0.15, 0.2) is 82.4 Å². The molecule has 174 valence electrons. The van der Waals surface area contributed by atoms with Crippen LogP contribution in [0.4, 0.5) is 4.39 Å². The molecule has 0 saturated carbocycles. The lowest BCUT2D eigenvalue weighted by Crippen LogP contribution is -2.39. The van der Waals surface area contributed by atoms with Gasteiger partial charge in [-0.15, -0.1) is 0 Å². The number of fused-ring (bicyclic) bond motifs is 1. The Kier molecular flexibility index (Phi) is 7.01. The highest BCUT2D eigenvalue weighted by Gasteiger charge is 2.15. The van der Waals surface area contributed by atoms with Crippen LogP contribution >= 0.6 is 0 Å². The third-order valence-corrected chi connectivity index (χ3v) is 5.72. The largest absolute Gasteiger partial charge is 0.356 e. The van der Waals surface area contributed by atoms with E-state index in [0.29, 0.717) is 23.1 Å². The molecule has 0 radical (unpaired) electrons. The number of unbranched alkanes of at least 4 members (excludes halogenated alkanes) is 1. The van der Waals surface area contributed by atoms with E-state index in [0.717, 1.165) is 28.5 Å². The molecule has 1 N–H and O–H groups in total. The maximum Gasteiger partial charge on any atom is 0.336 e. The van der Waals surface area contributed by atoms with Crippen molar-refractivity contribution in [1.82, 2.24) is 14.5 Å². The molecular formula is C27H26FN3O3. The molecule has 4 aromatic rings. The van der Waals surface area contributed by atoms with Gasteiger partial charge < -0.3 is 5.32 Å². The van der Waals surface area contributed by atoms with E-state index in [9.17, 15) is 18.8 Å². The van der Waals surface area contributed by atoms with E-state index in [1.54, 1.807) is 60.7 Å². The minimum Gasteiger partial charge on any atom is -0.356 e. The van der Waals surface area contributed by atoms with Gasteiger partial charge in [-0.05, 0) is 53.9 Å². The average Bonchev–Trinajstić information content (AvgIpc) is 2.84. The third kappa shape index (κ3) is 4.98. The monoisotopic (exact) mass is 459 g/mol. The van der Waals surface area contributed by atoms with Crippen molar-refractivity contribution in [3.8, 4) is 5.69 Å². The summed E-state index contributed by atoms with van der Waals surface area (Å²) in [5.41, 5.74) is 1.56. The smallest absolute Gasteiger partial charge is 0.336 e. The summed E-state index contributed by atoms with van der Waals surface area (Å²) in [6.07, 6.45) is 2.17. The number of nitrogens with one attached hydrogen (secondary N) is 1. The first-order valence-corrected chi connectivity index (χ1v) is 11.3. The Bertz CT molecular complexity index is 1420. The van der Waals surface area contributed by atoms with Crippen LogP contribution in [0.25, 0.3) is 16.6 Å². The Morgan fingerprint density at radius 1 is 0.912 bits per heavy atom. The maximum absolute atomic E-state index is 13.5. The summed E-state index contributed by atoms with van der Waals surface area (Å²) in [6.45, 7) is 2.90. The van der Waals surface area contributed by atoms with Crippen molar-refractivity contribution in [2.24, 2.45) is 0 Å². The number of nitrogens with zero attached hydrogens (tertiary/aromatic N) is 2. The second kappa shape index (κ2) is 10.3. The first kappa shape index (κ1) is 23.2. The van der Waals surface area contributed by atoms with Gasteiger partial charge in [-0.3, -0.25) is 14.2 Å². The van der Waals surface area contributed by atoms with E-state index < -0.39 is 11.2 Å². The molecule has 0 spiro atoms. The van der Waals surface area contributed by atoms with Crippen LogP contribution in [0.2, 0.25) is 0 Å². The van der Waals surface area contributed by atoms with Gasteiger partial charge in [0.2, 0.25) is 5.91 Å². The topological polar surface area (TPSA) is 73.1 Å². The van der Waals surface area contributed by atoms with Crippen molar-refractivity contribution in [2.45, 2.75) is 32.7 Å². The van der Waals surface area contributed by atoms with E-state index >= 15 is 0 Å². The molecule has 0 fully saturated rings. The molecule has 34 heavy (non-hydrogen) atoms. The third-order valence-electron chi connectivity index (χ3n) is 5.72. The van der Waals surface area contributed by atoms with Gasteiger partial charge in [0, 0.05) is 6.54 Å². The number of amides is 1. The lowest BCUT2D eigenvalue weighted by molar-refractivity contribution is -0.120. The fraction of sp³-hybridized carbons (Fsp3) is 0.222. The van der Waals surface area contributed by atoms with Crippen molar-refractivity contribution in [2.75, 3.05) is 6.54 Å². The van der Waals surface area contributed by atoms with Gasteiger partial charge >= 0.3 is 5.69 Å². The van der Waals surface area contributed by atoms with Crippen LogP contribution in [0, 0.1) is 5.82 Å². The molecule has 1 heterocycles. The SMILES string of the molecule is CCCCNC(=O)Cc1ccc(-n2c(=O)c3ccccc3n(Cc3ccc(F)cc3)c2=O)cc1. The first-order chi connectivity index (χ1) is 16.5. The first-order valence-electron chi connectivity index (χ1n) is 11.3. The lowest BCUT2D eigenvalue weighted by Gasteiger charge is -2.15. The minimum atomic E-state index is -0.488. The number of benzene rings is 3. The summed E-state index contributed by atoms with van der Waals surface area (Å²) in [6, 6.07) is 19.7. The average molecular weight is 460 g/mol. The molecule has 7 heteroatoms. The van der Waals surface area contributed by atoms with Crippen LogP contribution in [0.1, 0.15) is 30.9 Å². The van der Waals surface area contributed by atoms with Gasteiger partial charge in [-0.1, -0.05) is 49.7 Å². The number of aromatic nitrogens is 2. The van der Waals surface area contributed by atoms with E-state index in [2.05, 4.69) is 12.2 Å². The molecule has 3 aromatic carbocycles. The fourth-order valence-corrected chi connectivity index (χ4v) is 3.89. The highest BCUT2D eigenvalue weighted by Crippen LogP contribution is 2.14. The number of hydrogen-bond donors (Lipinski definition) is 1. The Morgan fingerprint density at radius 3 is 2.29 bits per heavy atom. The zero-order chi connectivity index (χ0) is 24.1. The summed E-state index contributed by atoms with van der Waals surface area (Å²) in [5, 5.41) is 3.29. The van der Waals surface area contributed by atoms with Gasteiger partial charge in [0.15, 0.2) is 0 Å². The number of rotatable bonds is 8. The molecule has 6 nitrogen and oxygen atoms in total. The van der Waals surface area contributed by atoms with Gasteiger partial charge in [0.05, 0.1) is 29.6 Å². The molecule has 4 rings (SSSR count).